The molecule has 1 radical (unpaired) electrons. The van der Waals surface area contributed by atoms with Crippen LogP contribution in [-0.4, -0.2) is 18.5 Å². The van der Waals surface area contributed by atoms with Gasteiger partial charge in [-0.3, -0.25) is 4.79 Å². The minimum absolute atomic E-state index is 0.135. The van der Waals surface area contributed by atoms with Crippen LogP contribution < -0.4 is 5.64 Å². The molecule has 0 aliphatic rings. The van der Waals surface area contributed by atoms with Gasteiger partial charge in [0.05, 0.1) is 0 Å². The summed E-state index contributed by atoms with van der Waals surface area (Å²) in [5.41, 5.74) is 4.89. The number of hydrogen-bond donors (Lipinski definition) is 2. The Bertz CT molecular complexity index is 66.0. The molecule has 0 aromatic rings. The lowest BCUT2D eigenvalue weighted by molar-refractivity contribution is -0.136. The highest BCUT2D eigenvalue weighted by molar-refractivity contribution is 6.31. The van der Waals surface area contributed by atoms with Crippen LogP contribution in [0, 0.1) is 0 Å². The highest BCUT2D eigenvalue weighted by Gasteiger charge is 1.92. The van der Waals surface area contributed by atoms with Crippen molar-refractivity contribution >= 4 is 13.4 Å². The van der Waals surface area contributed by atoms with Gasteiger partial charge in [0.15, 0.2) is 0 Å². The van der Waals surface area contributed by atoms with E-state index in [1.807, 2.05) is 0 Å². The standard InChI is InChI=1S/C3H7BNO2/c5-4-2-1-3(6)7/h1-2,5H2,(H,6,7). The van der Waals surface area contributed by atoms with Gasteiger partial charge in [-0.05, 0) is 0 Å². The molecule has 0 atom stereocenters. The number of carboxylic acids is 1. The molecule has 0 aliphatic heterocycles. The topological polar surface area (TPSA) is 63.3 Å². The lowest BCUT2D eigenvalue weighted by atomic mass is 9.90. The van der Waals surface area contributed by atoms with Crippen molar-refractivity contribution in [2.45, 2.75) is 12.7 Å². The van der Waals surface area contributed by atoms with Gasteiger partial charge in [-0.15, -0.1) is 0 Å². The van der Waals surface area contributed by atoms with Crippen LogP contribution in [0.5, 0.6) is 0 Å². The Morgan fingerprint density at radius 3 is 2.57 bits per heavy atom. The van der Waals surface area contributed by atoms with Crippen molar-refractivity contribution in [2.24, 2.45) is 5.64 Å². The first kappa shape index (κ1) is 6.49. The number of nitrogens with two attached hydrogens (primary N) is 1. The third-order valence-corrected chi connectivity index (χ3v) is 0.525. The Kier molecular flexibility index (Phi) is 3.41. The summed E-state index contributed by atoms with van der Waals surface area (Å²) in [5, 5.41) is 7.97. The molecule has 3 nitrogen and oxygen atoms in total. The lowest BCUT2D eigenvalue weighted by Crippen LogP contribution is -2.06. The second kappa shape index (κ2) is 3.68. The molecule has 7 heavy (non-hydrogen) atoms. The van der Waals surface area contributed by atoms with Crippen LogP contribution in [0.4, 0.5) is 0 Å². The molecular formula is C3H7BNO2. The number of carboxylic acid groups (broad SMARTS) is 1. The Morgan fingerprint density at radius 2 is 2.43 bits per heavy atom. The minimum Gasteiger partial charge on any atom is -0.481 e. The minimum atomic E-state index is -0.804. The Hall–Kier alpha value is -0.505. The highest BCUT2D eigenvalue weighted by atomic mass is 16.4. The third-order valence-electron chi connectivity index (χ3n) is 0.525. The quantitative estimate of drug-likeness (QED) is 0.468. The maximum atomic E-state index is 9.68. The van der Waals surface area contributed by atoms with E-state index in [2.05, 4.69) is 0 Å². The molecule has 0 saturated heterocycles. The average Bonchev–Trinajstić information content (AvgIpc) is 1.61. The van der Waals surface area contributed by atoms with Crippen LogP contribution in [0.3, 0.4) is 0 Å². The fourth-order valence-corrected chi connectivity index (χ4v) is 0.207. The number of carbonyl (C=O) groups is 1. The molecule has 0 bridgehead atoms. The van der Waals surface area contributed by atoms with Gasteiger partial charge >= 0.3 is 5.97 Å². The van der Waals surface area contributed by atoms with Crippen molar-refractivity contribution in [3.8, 4) is 0 Å². The van der Waals surface area contributed by atoms with Gasteiger partial charge in [-0.25, -0.2) is 0 Å². The molecule has 0 rings (SSSR count). The zero-order valence-electron chi connectivity index (χ0n) is 3.92. The SMILES string of the molecule is N[B]CCC(=O)O. The van der Waals surface area contributed by atoms with Crippen LogP contribution in [0.15, 0.2) is 0 Å². The van der Waals surface area contributed by atoms with E-state index in [1.54, 1.807) is 0 Å². The van der Waals surface area contributed by atoms with Gasteiger partial charge in [-0.1, -0.05) is 6.32 Å². The van der Waals surface area contributed by atoms with Crippen LogP contribution >= 0.6 is 0 Å². The van der Waals surface area contributed by atoms with E-state index in [0.717, 1.165) is 0 Å². The summed E-state index contributed by atoms with van der Waals surface area (Å²) in [5.74, 6) is -0.804. The van der Waals surface area contributed by atoms with E-state index in [0.29, 0.717) is 6.32 Å². The Labute approximate surface area is 42.8 Å². The van der Waals surface area contributed by atoms with Crippen molar-refractivity contribution in [3.63, 3.8) is 0 Å². The van der Waals surface area contributed by atoms with Crippen molar-refractivity contribution in [2.75, 3.05) is 0 Å². The number of aliphatic carboxylic acids is 1. The van der Waals surface area contributed by atoms with Gasteiger partial charge < -0.3 is 10.8 Å². The van der Waals surface area contributed by atoms with Crippen LogP contribution in [0.25, 0.3) is 0 Å². The van der Waals surface area contributed by atoms with Crippen LogP contribution in [0.2, 0.25) is 6.32 Å². The van der Waals surface area contributed by atoms with E-state index in [-0.39, 0.29) is 6.42 Å². The van der Waals surface area contributed by atoms with Crippen molar-refractivity contribution in [1.29, 1.82) is 0 Å². The first-order valence-corrected chi connectivity index (χ1v) is 2.02. The average molecular weight is 99.9 g/mol. The number of hydrogen-bond acceptors (Lipinski definition) is 2. The smallest absolute Gasteiger partial charge is 0.302 e. The molecule has 0 fully saturated rings. The Morgan fingerprint density at radius 1 is 1.86 bits per heavy atom. The van der Waals surface area contributed by atoms with Gasteiger partial charge in [0.25, 0.3) is 0 Å². The van der Waals surface area contributed by atoms with Gasteiger partial charge in [0.1, 0.15) is 0 Å². The molecule has 4 heteroatoms. The molecule has 0 unspecified atom stereocenters. The summed E-state index contributed by atoms with van der Waals surface area (Å²) in [6, 6.07) is 0. The first-order valence-electron chi connectivity index (χ1n) is 2.02. The molecule has 0 heterocycles. The third kappa shape index (κ3) is 5.49. The molecule has 0 aliphatic carbocycles. The van der Waals surface area contributed by atoms with Gasteiger partial charge in [0.2, 0.25) is 7.41 Å². The highest BCUT2D eigenvalue weighted by Crippen LogP contribution is 1.82. The van der Waals surface area contributed by atoms with Gasteiger partial charge in [0, 0.05) is 6.42 Å². The zero-order valence-corrected chi connectivity index (χ0v) is 3.92. The molecule has 0 amide bonds. The molecule has 0 aromatic heterocycles. The van der Waals surface area contributed by atoms with E-state index >= 15 is 0 Å². The molecular weight excluding hydrogens is 92.8 g/mol. The Balaban J connectivity index is 2.82. The van der Waals surface area contributed by atoms with Crippen molar-refractivity contribution in [1.82, 2.24) is 0 Å². The zero-order chi connectivity index (χ0) is 5.70. The molecule has 0 saturated carbocycles. The van der Waals surface area contributed by atoms with E-state index in [4.69, 9.17) is 10.8 Å². The monoisotopic (exact) mass is 100 g/mol. The summed E-state index contributed by atoms with van der Waals surface area (Å²) in [7, 11) is 1.34. The molecule has 0 spiro atoms. The molecule has 3 N–H and O–H groups in total. The fourth-order valence-electron chi connectivity index (χ4n) is 0.207. The summed E-state index contributed by atoms with van der Waals surface area (Å²) in [6.07, 6.45) is 0.589. The van der Waals surface area contributed by atoms with E-state index < -0.39 is 5.97 Å². The maximum absolute atomic E-state index is 9.68. The van der Waals surface area contributed by atoms with Crippen molar-refractivity contribution in [3.05, 3.63) is 0 Å². The second-order valence-corrected chi connectivity index (χ2v) is 1.17. The fraction of sp³-hybridized carbons (Fsp3) is 0.667. The van der Waals surface area contributed by atoms with Crippen LogP contribution in [-0.2, 0) is 4.79 Å². The van der Waals surface area contributed by atoms with E-state index in [9.17, 15) is 4.79 Å². The predicted octanol–water partition coefficient (Wildman–Crippen LogP) is -0.543. The summed E-state index contributed by atoms with van der Waals surface area (Å²) in [6.45, 7) is 0. The van der Waals surface area contributed by atoms with E-state index in [1.165, 1.54) is 7.41 Å². The predicted molar refractivity (Wildman–Crippen MR) is 27.0 cm³/mol. The number of rotatable bonds is 3. The summed E-state index contributed by atoms with van der Waals surface area (Å²) in [4.78, 5) is 9.68. The summed E-state index contributed by atoms with van der Waals surface area (Å²) >= 11 is 0. The van der Waals surface area contributed by atoms with Crippen molar-refractivity contribution < 1.29 is 9.90 Å². The van der Waals surface area contributed by atoms with Gasteiger partial charge in [-0.2, -0.15) is 0 Å². The first-order chi connectivity index (χ1) is 3.27. The normalized spacial score (nSPS) is 8.14. The summed E-state index contributed by atoms with van der Waals surface area (Å²) < 4.78 is 0. The maximum Gasteiger partial charge on any atom is 0.302 e. The molecule has 39 valence electrons. The largest absolute Gasteiger partial charge is 0.481 e. The second-order valence-electron chi connectivity index (χ2n) is 1.17. The molecule has 0 aromatic carbocycles. The van der Waals surface area contributed by atoms with Crippen LogP contribution in [0.1, 0.15) is 6.42 Å². The lowest BCUT2D eigenvalue weighted by Gasteiger charge is -1.84.